The van der Waals surface area contributed by atoms with E-state index < -0.39 is 0 Å². The van der Waals surface area contributed by atoms with Crippen molar-refractivity contribution in [2.45, 2.75) is 66.0 Å². The number of hydrogen-bond donors (Lipinski definition) is 1. The van der Waals surface area contributed by atoms with E-state index >= 15 is 0 Å². The van der Waals surface area contributed by atoms with Crippen molar-refractivity contribution in [2.24, 2.45) is 11.1 Å². The van der Waals surface area contributed by atoms with Crippen molar-refractivity contribution in [3.8, 4) is 0 Å². The molecule has 0 fully saturated rings. The lowest BCUT2D eigenvalue weighted by Crippen LogP contribution is -2.33. The molecule has 1 atom stereocenters. The maximum Gasteiger partial charge on any atom is 0.0360 e. The smallest absolute Gasteiger partial charge is 0.0360 e. The Hall–Kier alpha value is -0.760. The summed E-state index contributed by atoms with van der Waals surface area (Å²) in [5, 5.41) is 0. The molecule has 2 rings (SSSR count). The van der Waals surface area contributed by atoms with E-state index in [9.17, 15) is 0 Å². The number of rotatable bonds is 0. The van der Waals surface area contributed by atoms with Gasteiger partial charge in [-0.15, -0.1) is 0 Å². The second kappa shape index (κ2) is 3.61. The zero-order valence-corrected chi connectivity index (χ0v) is 12.1. The minimum Gasteiger partial charge on any atom is -0.343 e. The van der Waals surface area contributed by atoms with Gasteiger partial charge in [0.1, 0.15) is 0 Å². The Balaban J connectivity index is 2.59. The number of aryl methyl sites for hydroxylation is 1. The summed E-state index contributed by atoms with van der Waals surface area (Å²) < 4.78 is 2.48. The molecule has 0 amide bonds. The Labute approximate surface area is 105 Å². The molecule has 0 saturated heterocycles. The third-order valence-corrected chi connectivity index (χ3v) is 3.81. The van der Waals surface area contributed by atoms with Gasteiger partial charge in [0.05, 0.1) is 0 Å². The number of hydrogen-bond acceptors (Lipinski definition) is 1. The van der Waals surface area contributed by atoms with Gasteiger partial charge in [0.2, 0.25) is 0 Å². The quantitative estimate of drug-likeness (QED) is 0.731. The molecular formula is C15H26N2. The van der Waals surface area contributed by atoms with Crippen LogP contribution in [0, 0.1) is 12.3 Å². The second-order valence-corrected chi connectivity index (χ2v) is 7.35. The lowest BCUT2D eigenvalue weighted by Gasteiger charge is -2.37. The molecule has 0 saturated carbocycles. The van der Waals surface area contributed by atoms with E-state index in [0.717, 1.165) is 12.8 Å². The van der Waals surface area contributed by atoms with Crippen molar-refractivity contribution in [1.82, 2.24) is 4.57 Å². The largest absolute Gasteiger partial charge is 0.343 e. The van der Waals surface area contributed by atoms with E-state index in [1.807, 2.05) is 0 Å². The Morgan fingerprint density at radius 1 is 1.35 bits per heavy atom. The molecule has 0 bridgehead atoms. The normalized spacial score (nSPS) is 23.6. The van der Waals surface area contributed by atoms with E-state index in [4.69, 9.17) is 5.73 Å². The molecule has 1 heterocycles. The highest BCUT2D eigenvalue weighted by atomic mass is 15.1. The van der Waals surface area contributed by atoms with Crippen molar-refractivity contribution in [1.29, 1.82) is 0 Å². The summed E-state index contributed by atoms with van der Waals surface area (Å²) >= 11 is 0. The summed E-state index contributed by atoms with van der Waals surface area (Å²) in [5.74, 6) is 0. The molecule has 1 aliphatic carbocycles. The molecule has 0 spiro atoms. The predicted molar refractivity (Wildman–Crippen MR) is 73.2 cm³/mol. The molecule has 1 aromatic heterocycles. The van der Waals surface area contributed by atoms with Crippen LogP contribution < -0.4 is 5.73 Å². The molecule has 96 valence electrons. The van der Waals surface area contributed by atoms with Gasteiger partial charge in [-0.05, 0) is 57.6 Å². The lowest BCUT2D eigenvalue weighted by molar-refractivity contribution is 0.262. The highest BCUT2D eigenvalue weighted by Gasteiger charge is 2.35. The van der Waals surface area contributed by atoms with E-state index in [1.54, 1.807) is 0 Å². The molecule has 17 heavy (non-hydrogen) atoms. The minimum atomic E-state index is 0.144. The van der Waals surface area contributed by atoms with Crippen LogP contribution in [-0.2, 0) is 12.0 Å². The SMILES string of the molecule is Cc1cc2c(n1C(C)(C)C)CC(C)(C)CC2N. The number of aromatic nitrogens is 1. The van der Waals surface area contributed by atoms with E-state index in [0.29, 0.717) is 5.41 Å². The predicted octanol–water partition coefficient (Wildman–Crippen LogP) is 3.52. The van der Waals surface area contributed by atoms with Gasteiger partial charge in [0, 0.05) is 23.0 Å². The first-order chi connectivity index (χ1) is 7.62. The molecule has 1 aromatic rings. The van der Waals surface area contributed by atoms with Crippen molar-refractivity contribution in [2.75, 3.05) is 0 Å². The minimum absolute atomic E-state index is 0.144. The Morgan fingerprint density at radius 3 is 2.47 bits per heavy atom. The summed E-state index contributed by atoms with van der Waals surface area (Å²) in [6, 6.07) is 2.50. The molecule has 0 aromatic carbocycles. The summed E-state index contributed by atoms with van der Waals surface area (Å²) in [7, 11) is 0. The number of nitrogens with zero attached hydrogens (tertiary/aromatic N) is 1. The van der Waals surface area contributed by atoms with Crippen molar-refractivity contribution >= 4 is 0 Å². The average molecular weight is 234 g/mol. The lowest BCUT2D eigenvalue weighted by atomic mass is 9.74. The molecular weight excluding hydrogens is 208 g/mol. The van der Waals surface area contributed by atoms with Crippen LogP contribution in [-0.4, -0.2) is 4.57 Å². The van der Waals surface area contributed by atoms with Crippen LogP contribution in [0.15, 0.2) is 6.07 Å². The Kier molecular flexibility index (Phi) is 2.70. The highest BCUT2D eigenvalue weighted by molar-refractivity contribution is 5.35. The fourth-order valence-electron chi connectivity index (χ4n) is 3.38. The topological polar surface area (TPSA) is 30.9 Å². The first-order valence-electron chi connectivity index (χ1n) is 6.59. The van der Waals surface area contributed by atoms with E-state index in [1.165, 1.54) is 17.0 Å². The Morgan fingerprint density at radius 2 is 1.94 bits per heavy atom. The van der Waals surface area contributed by atoms with Crippen molar-refractivity contribution in [3.63, 3.8) is 0 Å². The van der Waals surface area contributed by atoms with Crippen LogP contribution in [0.25, 0.3) is 0 Å². The third-order valence-electron chi connectivity index (χ3n) is 3.81. The maximum atomic E-state index is 6.33. The van der Waals surface area contributed by atoms with Crippen LogP contribution >= 0.6 is 0 Å². The van der Waals surface area contributed by atoms with Crippen LogP contribution in [0.1, 0.15) is 64.0 Å². The molecule has 2 nitrogen and oxygen atoms in total. The highest BCUT2D eigenvalue weighted by Crippen LogP contribution is 2.42. The van der Waals surface area contributed by atoms with E-state index in [2.05, 4.69) is 52.2 Å². The van der Waals surface area contributed by atoms with Crippen molar-refractivity contribution in [3.05, 3.63) is 23.0 Å². The molecule has 0 radical (unpaired) electrons. The van der Waals surface area contributed by atoms with Gasteiger partial charge in [-0.1, -0.05) is 13.8 Å². The fourth-order valence-corrected chi connectivity index (χ4v) is 3.38. The summed E-state index contributed by atoms with van der Waals surface area (Å²) in [6.45, 7) is 13.7. The van der Waals surface area contributed by atoms with Gasteiger partial charge in [-0.2, -0.15) is 0 Å². The second-order valence-electron chi connectivity index (χ2n) is 7.35. The number of fused-ring (bicyclic) bond motifs is 1. The first kappa shape index (κ1) is 12.7. The first-order valence-corrected chi connectivity index (χ1v) is 6.59. The van der Waals surface area contributed by atoms with Gasteiger partial charge in [-0.25, -0.2) is 0 Å². The van der Waals surface area contributed by atoms with Crippen LogP contribution in [0.5, 0.6) is 0 Å². The van der Waals surface area contributed by atoms with Crippen LogP contribution in [0.4, 0.5) is 0 Å². The third kappa shape index (κ3) is 2.15. The van der Waals surface area contributed by atoms with Gasteiger partial charge < -0.3 is 10.3 Å². The molecule has 1 unspecified atom stereocenters. The summed E-state index contributed by atoms with van der Waals surface area (Å²) in [5.41, 5.74) is 11.0. The number of nitrogens with two attached hydrogens (primary N) is 1. The van der Waals surface area contributed by atoms with Gasteiger partial charge in [0.25, 0.3) is 0 Å². The van der Waals surface area contributed by atoms with Gasteiger partial charge in [0.15, 0.2) is 0 Å². The average Bonchev–Trinajstić information content (AvgIpc) is 2.38. The zero-order valence-electron chi connectivity index (χ0n) is 12.1. The molecule has 0 aliphatic heterocycles. The zero-order chi connectivity index (χ0) is 13.0. The maximum absolute atomic E-state index is 6.33. The van der Waals surface area contributed by atoms with Crippen LogP contribution in [0.2, 0.25) is 0 Å². The molecule has 2 heteroatoms. The standard InChI is InChI=1S/C15H26N2/c1-10-7-11-12(16)8-15(5,6)9-13(11)17(10)14(2,3)4/h7,12H,8-9,16H2,1-6H3. The van der Waals surface area contributed by atoms with E-state index in [-0.39, 0.29) is 11.6 Å². The summed E-state index contributed by atoms with van der Waals surface area (Å²) in [4.78, 5) is 0. The Bertz CT molecular complexity index is 433. The monoisotopic (exact) mass is 234 g/mol. The molecule has 2 N–H and O–H groups in total. The summed E-state index contributed by atoms with van der Waals surface area (Å²) in [6.07, 6.45) is 2.23. The van der Waals surface area contributed by atoms with Crippen molar-refractivity contribution < 1.29 is 0 Å². The van der Waals surface area contributed by atoms with Crippen LogP contribution in [0.3, 0.4) is 0 Å². The van der Waals surface area contributed by atoms with Gasteiger partial charge in [-0.3, -0.25) is 0 Å². The fraction of sp³-hybridized carbons (Fsp3) is 0.733. The van der Waals surface area contributed by atoms with Gasteiger partial charge >= 0.3 is 0 Å². The molecule has 1 aliphatic rings.